The Hall–Kier alpha value is -3.93. The Labute approximate surface area is 167 Å². The number of para-hydroxylation sites is 1. The van der Waals surface area contributed by atoms with E-state index in [0.29, 0.717) is 11.5 Å². The minimum absolute atomic E-state index is 0.105. The molecular formula is C23H18N2O4. The Morgan fingerprint density at radius 2 is 1.48 bits per heavy atom. The van der Waals surface area contributed by atoms with E-state index in [0.717, 1.165) is 16.9 Å². The molecule has 0 aliphatic carbocycles. The molecule has 0 aliphatic heterocycles. The van der Waals surface area contributed by atoms with Gasteiger partial charge in [0.05, 0.1) is 5.56 Å². The summed E-state index contributed by atoms with van der Waals surface area (Å²) in [5.74, 6) is 0.871. The lowest BCUT2D eigenvalue weighted by Gasteiger charge is -2.10. The van der Waals surface area contributed by atoms with Gasteiger partial charge in [-0.2, -0.15) is 0 Å². The third-order valence-corrected chi connectivity index (χ3v) is 4.19. The highest BCUT2D eigenvalue weighted by atomic mass is 16.5. The van der Waals surface area contributed by atoms with Crippen LogP contribution in [-0.2, 0) is 18.0 Å². The summed E-state index contributed by atoms with van der Waals surface area (Å²) in [6.45, 7) is 0.153. The van der Waals surface area contributed by atoms with Crippen molar-refractivity contribution in [1.82, 2.24) is 10.2 Å². The van der Waals surface area contributed by atoms with Gasteiger partial charge in [-0.3, -0.25) is 0 Å². The van der Waals surface area contributed by atoms with Crippen LogP contribution in [-0.4, -0.2) is 16.2 Å². The highest BCUT2D eigenvalue weighted by molar-refractivity contribution is 5.91. The van der Waals surface area contributed by atoms with Crippen molar-refractivity contribution in [2.75, 3.05) is 0 Å². The van der Waals surface area contributed by atoms with Crippen molar-refractivity contribution >= 4 is 5.97 Å². The summed E-state index contributed by atoms with van der Waals surface area (Å²) in [6, 6.07) is 26.0. The molecular weight excluding hydrogens is 368 g/mol. The van der Waals surface area contributed by atoms with Crippen LogP contribution in [0.4, 0.5) is 0 Å². The quantitative estimate of drug-likeness (QED) is 0.430. The van der Waals surface area contributed by atoms with Gasteiger partial charge < -0.3 is 13.9 Å². The van der Waals surface area contributed by atoms with E-state index in [1.165, 1.54) is 0 Å². The number of carbonyl (C=O) groups is 1. The fourth-order valence-corrected chi connectivity index (χ4v) is 2.74. The number of hydrogen-bond acceptors (Lipinski definition) is 6. The molecule has 0 spiro atoms. The van der Waals surface area contributed by atoms with Gasteiger partial charge >= 0.3 is 5.97 Å². The van der Waals surface area contributed by atoms with Gasteiger partial charge in [0.1, 0.15) is 12.4 Å². The summed E-state index contributed by atoms with van der Waals surface area (Å²) in [5.41, 5.74) is 1.98. The molecule has 0 saturated heterocycles. The Kier molecular flexibility index (Phi) is 5.62. The van der Waals surface area contributed by atoms with E-state index in [-0.39, 0.29) is 19.1 Å². The molecule has 0 amide bonds. The van der Waals surface area contributed by atoms with Gasteiger partial charge in [-0.1, -0.05) is 54.6 Å². The van der Waals surface area contributed by atoms with Gasteiger partial charge in [0, 0.05) is 11.1 Å². The third kappa shape index (κ3) is 4.68. The van der Waals surface area contributed by atoms with Crippen LogP contribution < -0.4 is 4.74 Å². The van der Waals surface area contributed by atoms with Crippen molar-refractivity contribution in [3.05, 3.63) is 102 Å². The second-order valence-corrected chi connectivity index (χ2v) is 6.20. The van der Waals surface area contributed by atoms with E-state index >= 15 is 0 Å². The Morgan fingerprint density at radius 1 is 0.793 bits per heavy atom. The summed E-state index contributed by atoms with van der Waals surface area (Å²) in [6.07, 6.45) is 0. The van der Waals surface area contributed by atoms with Gasteiger partial charge in [0.15, 0.2) is 6.61 Å². The van der Waals surface area contributed by atoms with Crippen LogP contribution in [0.5, 0.6) is 5.75 Å². The summed E-state index contributed by atoms with van der Waals surface area (Å²) in [5, 5.41) is 7.93. The molecule has 1 aromatic heterocycles. The van der Waals surface area contributed by atoms with Crippen LogP contribution in [0.1, 0.15) is 21.8 Å². The highest BCUT2D eigenvalue weighted by Crippen LogP contribution is 2.19. The first-order chi connectivity index (χ1) is 14.3. The van der Waals surface area contributed by atoms with Gasteiger partial charge in [0.2, 0.25) is 5.89 Å². The molecule has 0 aliphatic rings. The van der Waals surface area contributed by atoms with Crippen molar-refractivity contribution in [3.8, 4) is 17.2 Å². The third-order valence-electron chi connectivity index (χ3n) is 4.19. The average molecular weight is 386 g/mol. The Morgan fingerprint density at radius 3 is 2.28 bits per heavy atom. The summed E-state index contributed by atoms with van der Waals surface area (Å²) < 4.78 is 16.7. The first-order valence-electron chi connectivity index (χ1n) is 9.10. The minimum atomic E-state index is -0.475. The maximum absolute atomic E-state index is 12.6. The summed E-state index contributed by atoms with van der Waals surface area (Å²) in [7, 11) is 0. The lowest BCUT2D eigenvalue weighted by Crippen LogP contribution is -2.10. The summed E-state index contributed by atoms with van der Waals surface area (Å²) in [4.78, 5) is 12.6. The molecule has 4 rings (SSSR count). The van der Waals surface area contributed by atoms with Gasteiger partial charge in [-0.25, -0.2) is 4.79 Å². The smallest absolute Gasteiger partial charge is 0.339 e. The zero-order valence-electron chi connectivity index (χ0n) is 15.5. The molecule has 0 radical (unpaired) electrons. The van der Waals surface area contributed by atoms with Crippen molar-refractivity contribution < 1.29 is 18.7 Å². The topological polar surface area (TPSA) is 74.5 Å². The zero-order valence-corrected chi connectivity index (χ0v) is 15.5. The fourth-order valence-electron chi connectivity index (χ4n) is 2.74. The van der Waals surface area contributed by atoms with E-state index in [1.54, 1.807) is 12.1 Å². The standard InChI is InChI=1S/C23H18N2O4/c26-23(28-16-21-24-25-22(29-21)17-9-3-1-4-10-17)20-14-8-7-11-18(20)15-27-19-12-5-2-6-13-19/h1-14H,15-16H2. The van der Waals surface area contributed by atoms with E-state index in [9.17, 15) is 4.79 Å². The number of hydrogen-bond donors (Lipinski definition) is 0. The lowest BCUT2D eigenvalue weighted by atomic mass is 10.1. The second-order valence-electron chi connectivity index (χ2n) is 6.20. The molecule has 0 fully saturated rings. The fraction of sp³-hybridized carbons (Fsp3) is 0.0870. The van der Waals surface area contributed by atoms with Crippen LogP contribution in [0.25, 0.3) is 11.5 Å². The lowest BCUT2D eigenvalue weighted by molar-refractivity contribution is 0.0435. The number of ether oxygens (including phenoxy) is 2. The van der Waals surface area contributed by atoms with Crippen LogP contribution >= 0.6 is 0 Å². The van der Waals surface area contributed by atoms with E-state index in [2.05, 4.69) is 10.2 Å². The van der Waals surface area contributed by atoms with Crippen molar-refractivity contribution in [2.24, 2.45) is 0 Å². The maximum Gasteiger partial charge on any atom is 0.339 e. The molecule has 0 unspecified atom stereocenters. The predicted octanol–water partition coefficient (Wildman–Crippen LogP) is 4.67. The number of aromatic nitrogens is 2. The molecule has 29 heavy (non-hydrogen) atoms. The number of carbonyl (C=O) groups excluding carboxylic acids is 1. The zero-order chi connectivity index (χ0) is 19.9. The normalized spacial score (nSPS) is 10.5. The predicted molar refractivity (Wildman–Crippen MR) is 106 cm³/mol. The van der Waals surface area contributed by atoms with Crippen molar-refractivity contribution in [2.45, 2.75) is 13.2 Å². The molecule has 4 aromatic rings. The van der Waals surface area contributed by atoms with Crippen LogP contribution in [0, 0.1) is 0 Å². The molecule has 3 aromatic carbocycles. The number of benzene rings is 3. The van der Waals surface area contributed by atoms with Gasteiger partial charge in [-0.05, 0) is 30.3 Å². The Bertz CT molecular complexity index is 1080. The number of nitrogens with zero attached hydrogens (tertiary/aromatic N) is 2. The average Bonchev–Trinajstić information content (AvgIpc) is 3.27. The van der Waals surface area contributed by atoms with Crippen LogP contribution in [0.15, 0.2) is 89.3 Å². The first kappa shape index (κ1) is 18.4. The maximum atomic E-state index is 12.6. The SMILES string of the molecule is O=C(OCc1nnc(-c2ccccc2)o1)c1ccccc1COc1ccccc1. The highest BCUT2D eigenvalue weighted by Gasteiger charge is 2.15. The molecule has 144 valence electrons. The molecule has 0 N–H and O–H groups in total. The van der Waals surface area contributed by atoms with E-state index < -0.39 is 5.97 Å². The van der Waals surface area contributed by atoms with Gasteiger partial charge in [-0.15, -0.1) is 10.2 Å². The minimum Gasteiger partial charge on any atom is -0.489 e. The molecule has 0 atom stereocenters. The Balaban J connectivity index is 1.39. The molecule has 1 heterocycles. The number of rotatable bonds is 7. The van der Waals surface area contributed by atoms with Crippen LogP contribution in [0.2, 0.25) is 0 Å². The number of esters is 1. The van der Waals surface area contributed by atoms with E-state index in [4.69, 9.17) is 13.9 Å². The second kappa shape index (κ2) is 8.84. The van der Waals surface area contributed by atoms with Crippen molar-refractivity contribution in [1.29, 1.82) is 0 Å². The molecule has 6 nitrogen and oxygen atoms in total. The molecule has 0 saturated carbocycles. The monoisotopic (exact) mass is 386 g/mol. The molecule has 6 heteroatoms. The van der Waals surface area contributed by atoms with Crippen molar-refractivity contribution in [3.63, 3.8) is 0 Å². The van der Waals surface area contributed by atoms with Crippen LogP contribution in [0.3, 0.4) is 0 Å². The molecule has 0 bridgehead atoms. The summed E-state index contributed by atoms with van der Waals surface area (Å²) >= 11 is 0. The largest absolute Gasteiger partial charge is 0.489 e. The first-order valence-corrected chi connectivity index (χ1v) is 9.10. The van der Waals surface area contributed by atoms with Gasteiger partial charge in [0.25, 0.3) is 5.89 Å². The van der Waals surface area contributed by atoms with E-state index in [1.807, 2.05) is 72.8 Å².